The average molecular weight is 277 g/mol. The molecule has 1 heterocycles. The number of fused-ring (bicyclic) bond motifs is 1. The van der Waals surface area contributed by atoms with E-state index in [1.165, 1.54) is 24.2 Å². The molecule has 0 aromatic heterocycles. The Morgan fingerprint density at radius 2 is 2.05 bits per heavy atom. The summed E-state index contributed by atoms with van der Waals surface area (Å²) < 4.78 is 1.04. The number of nitrogen functional groups attached to an aromatic ring is 1. The summed E-state index contributed by atoms with van der Waals surface area (Å²) in [5, 5.41) is 3.55. The van der Waals surface area contributed by atoms with Gasteiger partial charge in [0.15, 0.2) is 0 Å². The fourth-order valence-corrected chi connectivity index (χ4v) is 2.71. The Morgan fingerprint density at radius 3 is 2.80 bits per heavy atom. The van der Waals surface area contributed by atoms with Gasteiger partial charge >= 0.3 is 0 Å². The second-order valence-corrected chi connectivity index (χ2v) is 6.74. The summed E-state index contributed by atoms with van der Waals surface area (Å²) in [5.74, 6) is 0. The maximum absolute atomic E-state index is 5.88. The van der Waals surface area contributed by atoms with Crippen molar-refractivity contribution in [1.29, 1.82) is 0 Å². The standard InChI is InChI=1S/C16H29N4/c1-20(2,3)12-4-8-18-9-11-19-10-7-14-5-6-15(17)13-16(14)19/h5-6,13,18H,4,7-12,17H2,1-3H3/q+1. The van der Waals surface area contributed by atoms with Crippen LogP contribution in [0.25, 0.3) is 0 Å². The molecule has 0 bridgehead atoms. The summed E-state index contributed by atoms with van der Waals surface area (Å²) in [4.78, 5) is 2.44. The smallest absolute Gasteiger partial charge is 0.0792 e. The lowest BCUT2D eigenvalue weighted by Crippen LogP contribution is -2.37. The molecule has 0 unspecified atom stereocenters. The van der Waals surface area contributed by atoms with Gasteiger partial charge in [0.2, 0.25) is 0 Å². The van der Waals surface area contributed by atoms with E-state index >= 15 is 0 Å². The van der Waals surface area contributed by atoms with E-state index in [0.717, 1.165) is 42.8 Å². The second kappa shape index (κ2) is 6.46. The van der Waals surface area contributed by atoms with Crippen LogP contribution in [0.4, 0.5) is 11.4 Å². The number of nitrogens with zero attached hydrogens (tertiary/aromatic N) is 2. The number of hydrogen-bond donors (Lipinski definition) is 2. The molecule has 0 spiro atoms. The minimum absolute atomic E-state index is 0.867. The predicted octanol–water partition coefficient (Wildman–Crippen LogP) is 1.32. The lowest BCUT2D eigenvalue weighted by molar-refractivity contribution is -0.870. The van der Waals surface area contributed by atoms with Gasteiger partial charge in [-0.3, -0.25) is 0 Å². The van der Waals surface area contributed by atoms with Crippen molar-refractivity contribution < 1.29 is 4.48 Å². The van der Waals surface area contributed by atoms with Gasteiger partial charge in [0.25, 0.3) is 0 Å². The van der Waals surface area contributed by atoms with E-state index in [9.17, 15) is 0 Å². The van der Waals surface area contributed by atoms with Crippen molar-refractivity contribution in [3.63, 3.8) is 0 Å². The molecular weight excluding hydrogens is 248 g/mol. The van der Waals surface area contributed by atoms with Crippen LogP contribution in [0.3, 0.4) is 0 Å². The van der Waals surface area contributed by atoms with E-state index in [4.69, 9.17) is 5.73 Å². The topological polar surface area (TPSA) is 41.3 Å². The largest absolute Gasteiger partial charge is 0.399 e. The molecule has 4 heteroatoms. The Hall–Kier alpha value is -1.26. The average Bonchev–Trinajstić information content (AvgIpc) is 2.75. The molecule has 0 atom stereocenters. The summed E-state index contributed by atoms with van der Waals surface area (Å²) in [6, 6.07) is 6.28. The minimum Gasteiger partial charge on any atom is -0.399 e. The predicted molar refractivity (Wildman–Crippen MR) is 87.2 cm³/mol. The molecule has 3 N–H and O–H groups in total. The van der Waals surface area contributed by atoms with E-state index in [0.29, 0.717) is 0 Å². The molecule has 0 aliphatic carbocycles. The van der Waals surface area contributed by atoms with E-state index in [2.05, 4.69) is 43.5 Å². The van der Waals surface area contributed by atoms with Crippen molar-refractivity contribution in [2.75, 3.05) is 64.5 Å². The molecule has 0 radical (unpaired) electrons. The summed E-state index contributed by atoms with van der Waals surface area (Å²) in [7, 11) is 6.72. The lowest BCUT2D eigenvalue weighted by Gasteiger charge is -2.24. The van der Waals surface area contributed by atoms with Crippen LogP contribution in [0.5, 0.6) is 0 Å². The summed E-state index contributed by atoms with van der Waals surface area (Å²) in [6.07, 6.45) is 2.38. The van der Waals surface area contributed by atoms with Crippen LogP contribution < -0.4 is 16.0 Å². The Bertz CT molecular complexity index is 437. The summed E-state index contributed by atoms with van der Waals surface area (Å²) in [6.45, 7) is 5.56. The Balaban J connectivity index is 1.68. The molecule has 2 rings (SSSR count). The molecule has 112 valence electrons. The van der Waals surface area contributed by atoms with Gasteiger partial charge in [0.05, 0.1) is 27.7 Å². The molecule has 1 aliphatic rings. The highest BCUT2D eigenvalue weighted by Crippen LogP contribution is 2.29. The van der Waals surface area contributed by atoms with Crippen LogP contribution in [0.2, 0.25) is 0 Å². The van der Waals surface area contributed by atoms with Crippen LogP contribution in [0, 0.1) is 0 Å². The van der Waals surface area contributed by atoms with Gasteiger partial charge in [0.1, 0.15) is 0 Å². The molecule has 1 aromatic rings. The van der Waals surface area contributed by atoms with Gasteiger partial charge < -0.3 is 20.4 Å². The highest BCUT2D eigenvalue weighted by Gasteiger charge is 2.18. The third-order valence-corrected chi connectivity index (χ3v) is 3.84. The molecule has 0 saturated carbocycles. The molecule has 1 aliphatic heterocycles. The highest BCUT2D eigenvalue weighted by atomic mass is 15.3. The zero-order valence-corrected chi connectivity index (χ0v) is 13.2. The van der Waals surface area contributed by atoms with Crippen LogP contribution in [0.15, 0.2) is 18.2 Å². The second-order valence-electron chi connectivity index (χ2n) is 6.74. The zero-order chi connectivity index (χ0) is 14.6. The Kier molecular flexibility index (Phi) is 4.89. The molecule has 0 amide bonds. The maximum Gasteiger partial charge on any atom is 0.0792 e. The van der Waals surface area contributed by atoms with Crippen molar-refractivity contribution in [2.45, 2.75) is 12.8 Å². The first-order chi connectivity index (χ1) is 9.46. The van der Waals surface area contributed by atoms with E-state index in [-0.39, 0.29) is 0 Å². The van der Waals surface area contributed by atoms with Gasteiger partial charge in [0, 0.05) is 44.0 Å². The molecule has 0 fully saturated rings. The van der Waals surface area contributed by atoms with Crippen molar-refractivity contribution in [3.05, 3.63) is 23.8 Å². The number of nitrogens with one attached hydrogen (secondary N) is 1. The Labute approximate surface area is 123 Å². The van der Waals surface area contributed by atoms with Crippen LogP contribution >= 0.6 is 0 Å². The van der Waals surface area contributed by atoms with Crippen molar-refractivity contribution in [1.82, 2.24) is 5.32 Å². The molecule has 0 saturated heterocycles. The number of benzene rings is 1. The summed E-state index contributed by atoms with van der Waals surface area (Å²) in [5.41, 5.74) is 9.52. The Morgan fingerprint density at radius 1 is 1.25 bits per heavy atom. The van der Waals surface area contributed by atoms with Gasteiger partial charge in [-0.05, 0) is 24.1 Å². The van der Waals surface area contributed by atoms with Crippen LogP contribution in [0.1, 0.15) is 12.0 Å². The van der Waals surface area contributed by atoms with Crippen LogP contribution in [-0.2, 0) is 6.42 Å². The number of rotatable bonds is 7. The van der Waals surface area contributed by atoms with Crippen molar-refractivity contribution in [2.24, 2.45) is 0 Å². The first-order valence-corrected chi connectivity index (χ1v) is 7.60. The monoisotopic (exact) mass is 277 g/mol. The number of nitrogens with two attached hydrogens (primary N) is 1. The van der Waals surface area contributed by atoms with E-state index < -0.39 is 0 Å². The summed E-state index contributed by atoms with van der Waals surface area (Å²) >= 11 is 0. The zero-order valence-electron chi connectivity index (χ0n) is 13.2. The molecule has 4 nitrogen and oxygen atoms in total. The highest BCUT2D eigenvalue weighted by molar-refractivity contribution is 5.64. The van der Waals surface area contributed by atoms with E-state index in [1.54, 1.807) is 0 Å². The van der Waals surface area contributed by atoms with Crippen LogP contribution in [-0.4, -0.2) is 58.3 Å². The third kappa shape index (κ3) is 4.39. The van der Waals surface area contributed by atoms with Gasteiger partial charge in [-0.25, -0.2) is 0 Å². The number of anilines is 2. The van der Waals surface area contributed by atoms with Gasteiger partial charge in [-0.2, -0.15) is 0 Å². The first-order valence-electron chi connectivity index (χ1n) is 7.60. The third-order valence-electron chi connectivity index (χ3n) is 3.84. The molecular formula is C16H29N4+. The maximum atomic E-state index is 5.88. The number of hydrogen-bond acceptors (Lipinski definition) is 3. The molecule has 20 heavy (non-hydrogen) atoms. The first kappa shape index (κ1) is 15.1. The SMILES string of the molecule is C[N+](C)(C)CCCNCCN1CCc2ccc(N)cc21. The quantitative estimate of drug-likeness (QED) is 0.449. The fraction of sp³-hybridized carbons (Fsp3) is 0.625. The lowest BCUT2D eigenvalue weighted by atomic mass is 10.1. The fourth-order valence-electron chi connectivity index (χ4n) is 2.71. The molecule has 1 aromatic carbocycles. The van der Waals surface area contributed by atoms with Gasteiger partial charge in [-0.1, -0.05) is 6.07 Å². The van der Waals surface area contributed by atoms with Gasteiger partial charge in [-0.15, -0.1) is 0 Å². The van der Waals surface area contributed by atoms with Crippen molar-refractivity contribution in [3.8, 4) is 0 Å². The van der Waals surface area contributed by atoms with E-state index in [1.807, 2.05) is 6.07 Å². The normalized spacial score (nSPS) is 14.7. The van der Waals surface area contributed by atoms with Crippen molar-refractivity contribution >= 4 is 11.4 Å². The number of quaternary nitrogens is 1. The minimum atomic E-state index is 0.867.